The van der Waals surface area contributed by atoms with Crippen molar-refractivity contribution in [3.05, 3.63) is 11.6 Å². The molecular weight excluding hydrogens is 182 g/mol. The van der Waals surface area contributed by atoms with Gasteiger partial charge >= 0.3 is 0 Å². The molecule has 13 heavy (non-hydrogen) atoms. The summed E-state index contributed by atoms with van der Waals surface area (Å²) < 4.78 is 0. The topological polar surface area (TPSA) is 3.24 Å². The summed E-state index contributed by atoms with van der Waals surface area (Å²) in [6.07, 6.45) is 3.43. The van der Waals surface area contributed by atoms with E-state index >= 15 is 0 Å². The Bertz CT molecular complexity index is 185. The van der Waals surface area contributed by atoms with E-state index in [1.54, 1.807) is 0 Å². The van der Waals surface area contributed by atoms with E-state index in [1.807, 2.05) is 0 Å². The molecule has 0 aromatic rings. The Labute approximate surface area is 86.8 Å². The van der Waals surface area contributed by atoms with E-state index < -0.39 is 0 Å². The van der Waals surface area contributed by atoms with Crippen molar-refractivity contribution in [2.75, 3.05) is 19.6 Å². The van der Waals surface area contributed by atoms with Gasteiger partial charge in [-0.2, -0.15) is 0 Å². The Hall–Kier alpha value is -0.0100. The highest BCUT2D eigenvalue weighted by molar-refractivity contribution is 6.20. The monoisotopic (exact) mass is 201 g/mol. The molecule has 0 N–H and O–H groups in total. The van der Waals surface area contributed by atoms with Crippen molar-refractivity contribution in [3.63, 3.8) is 0 Å². The van der Waals surface area contributed by atoms with Gasteiger partial charge in [0.1, 0.15) is 0 Å². The quantitative estimate of drug-likeness (QED) is 0.491. The third kappa shape index (κ3) is 3.70. The average molecular weight is 202 g/mol. The standard InChI is InChI=1S/C11H20ClN/c1-9(2)4-6-13-7-5-11(12)10(3)8-13/h4,10-11H,5-8H2,1-3H3. The van der Waals surface area contributed by atoms with Crippen LogP contribution >= 0.6 is 11.6 Å². The summed E-state index contributed by atoms with van der Waals surface area (Å²) in [4.78, 5) is 2.48. The van der Waals surface area contributed by atoms with Gasteiger partial charge in [0.05, 0.1) is 0 Å². The van der Waals surface area contributed by atoms with Gasteiger partial charge in [0.25, 0.3) is 0 Å². The number of alkyl halides is 1. The Morgan fingerprint density at radius 3 is 2.77 bits per heavy atom. The number of piperidine rings is 1. The van der Waals surface area contributed by atoms with Crippen LogP contribution in [0.2, 0.25) is 0 Å². The van der Waals surface area contributed by atoms with Crippen LogP contribution in [-0.4, -0.2) is 29.9 Å². The van der Waals surface area contributed by atoms with Gasteiger partial charge in [-0.25, -0.2) is 0 Å². The summed E-state index contributed by atoms with van der Waals surface area (Å²) in [5, 5.41) is 0.392. The molecule has 0 aliphatic carbocycles. The van der Waals surface area contributed by atoms with Crippen molar-refractivity contribution < 1.29 is 0 Å². The van der Waals surface area contributed by atoms with Crippen LogP contribution in [0.3, 0.4) is 0 Å². The lowest BCUT2D eigenvalue weighted by molar-refractivity contribution is 0.205. The predicted octanol–water partition coefficient (Wildman–Crippen LogP) is 2.90. The largest absolute Gasteiger partial charge is 0.299 e. The van der Waals surface area contributed by atoms with Crippen LogP contribution in [0, 0.1) is 5.92 Å². The summed E-state index contributed by atoms with van der Waals surface area (Å²) in [5.41, 5.74) is 1.40. The van der Waals surface area contributed by atoms with Crippen LogP contribution in [0.4, 0.5) is 0 Å². The summed E-state index contributed by atoms with van der Waals surface area (Å²) in [5.74, 6) is 0.640. The molecule has 1 aliphatic rings. The number of halogens is 1. The summed E-state index contributed by atoms with van der Waals surface area (Å²) in [7, 11) is 0. The molecule has 0 bridgehead atoms. The Morgan fingerprint density at radius 2 is 2.23 bits per heavy atom. The minimum absolute atomic E-state index is 0.392. The molecule has 2 unspecified atom stereocenters. The molecule has 0 spiro atoms. The molecule has 0 aromatic carbocycles. The van der Waals surface area contributed by atoms with Crippen LogP contribution in [0.5, 0.6) is 0 Å². The van der Waals surface area contributed by atoms with Crippen molar-refractivity contribution in [1.29, 1.82) is 0 Å². The summed E-state index contributed by atoms with van der Waals surface area (Å²) >= 11 is 6.15. The lowest BCUT2D eigenvalue weighted by Gasteiger charge is -2.33. The molecule has 0 amide bonds. The van der Waals surface area contributed by atoms with Gasteiger partial charge in [0.15, 0.2) is 0 Å². The van der Waals surface area contributed by atoms with Crippen molar-refractivity contribution in [2.24, 2.45) is 5.92 Å². The highest BCUT2D eigenvalue weighted by atomic mass is 35.5. The molecule has 1 fully saturated rings. The van der Waals surface area contributed by atoms with Crippen molar-refractivity contribution in [2.45, 2.75) is 32.6 Å². The van der Waals surface area contributed by atoms with E-state index in [2.05, 4.69) is 31.7 Å². The maximum absolute atomic E-state index is 6.15. The minimum atomic E-state index is 0.392. The highest BCUT2D eigenvalue weighted by Gasteiger charge is 2.23. The maximum atomic E-state index is 6.15. The lowest BCUT2D eigenvalue weighted by atomic mass is 9.99. The second-order valence-electron chi connectivity index (χ2n) is 4.32. The van der Waals surface area contributed by atoms with E-state index in [0.717, 1.165) is 26.1 Å². The van der Waals surface area contributed by atoms with Gasteiger partial charge in [0, 0.05) is 18.5 Å². The first kappa shape index (κ1) is 11.1. The van der Waals surface area contributed by atoms with Crippen LogP contribution in [0.15, 0.2) is 11.6 Å². The smallest absolute Gasteiger partial charge is 0.0386 e. The zero-order chi connectivity index (χ0) is 9.84. The zero-order valence-corrected chi connectivity index (χ0v) is 9.64. The molecule has 0 saturated carbocycles. The number of rotatable bonds is 2. The predicted molar refractivity (Wildman–Crippen MR) is 59.3 cm³/mol. The highest BCUT2D eigenvalue weighted by Crippen LogP contribution is 2.21. The van der Waals surface area contributed by atoms with Gasteiger partial charge in [-0.05, 0) is 32.7 Å². The summed E-state index contributed by atoms with van der Waals surface area (Å²) in [6.45, 7) is 9.94. The van der Waals surface area contributed by atoms with Crippen molar-refractivity contribution in [3.8, 4) is 0 Å². The van der Waals surface area contributed by atoms with E-state index in [-0.39, 0.29) is 0 Å². The van der Waals surface area contributed by atoms with Gasteiger partial charge < -0.3 is 0 Å². The van der Waals surface area contributed by atoms with E-state index in [1.165, 1.54) is 5.57 Å². The molecule has 1 rings (SSSR count). The SMILES string of the molecule is CC(C)=CCN1CCC(Cl)C(C)C1. The second kappa shape index (κ2) is 5.02. The molecular formula is C11H20ClN. The average Bonchev–Trinajstić information content (AvgIpc) is 2.07. The van der Waals surface area contributed by atoms with E-state index in [0.29, 0.717) is 11.3 Å². The Morgan fingerprint density at radius 1 is 1.54 bits per heavy atom. The molecule has 76 valence electrons. The molecule has 1 nitrogen and oxygen atoms in total. The second-order valence-corrected chi connectivity index (χ2v) is 4.88. The minimum Gasteiger partial charge on any atom is -0.299 e. The third-order valence-electron chi connectivity index (χ3n) is 2.64. The van der Waals surface area contributed by atoms with Crippen molar-refractivity contribution >= 4 is 11.6 Å². The lowest BCUT2D eigenvalue weighted by Crippen LogP contribution is -2.39. The number of hydrogen-bond acceptors (Lipinski definition) is 1. The molecule has 1 saturated heterocycles. The number of nitrogens with zero attached hydrogens (tertiary/aromatic N) is 1. The van der Waals surface area contributed by atoms with Gasteiger partial charge in [-0.1, -0.05) is 18.6 Å². The van der Waals surface area contributed by atoms with Crippen molar-refractivity contribution in [1.82, 2.24) is 4.90 Å². The number of allylic oxidation sites excluding steroid dienone is 1. The molecule has 2 atom stereocenters. The van der Waals surface area contributed by atoms with Crippen LogP contribution in [0.1, 0.15) is 27.2 Å². The van der Waals surface area contributed by atoms with E-state index in [9.17, 15) is 0 Å². The molecule has 1 aliphatic heterocycles. The van der Waals surface area contributed by atoms with Gasteiger partial charge in [0.2, 0.25) is 0 Å². The number of likely N-dealkylation sites (tertiary alicyclic amines) is 1. The molecule has 0 aromatic heterocycles. The van der Waals surface area contributed by atoms with Crippen LogP contribution in [0.25, 0.3) is 0 Å². The van der Waals surface area contributed by atoms with E-state index in [4.69, 9.17) is 11.6 Å². The molecule has 2 heteroatoms. The first-order chi connectivity index (χ1) is 6.09. The summed E-state index contributed by atoms with van der Waals surface area (Å²) in [6, 6.07) is 0. The Kier molecular flexibility index (Phi) is 4.27. The normalized spacial score (nSPS) is 30.2. The maximum Gasteiger partial charge on any atom is 0.0386 e. The van der Waals surface area contributed by atoms with Gasteiger partial charge in [-0.15, -0.1) is 11.6 Å². The number of hydrogen-bond donors (Lipinski definition) is 0. The Balaban J connectivity index is 2.33. The van der Waals surface area contributed by atoms with Crippen LogP contribution in [-0.2, 0) is 0 Å². The van der Waals surface area contributed by atoms with Gasteiger partial charge in [-0.3, -0.25) is 4.90 Å². The first-order valence-electron chi connectivity index (χ1n) is 5.09. The zero-order valence-electron chi connectivity index (χ0n) is 8.89. The first-order valence-corrected chi connectivity index (χ1v) is 5.53. The van der Waals surface area contributed by atoms with Crippen LogP contribution < -0.4 is 0 Å². The fourth-order valence-electron chi connectivity index (χ4n) is 1.68. The fourth-order valence-corrected chi connectivity index (χ4v) is 1.86. The molecule has 1 heterocycles. The fraction of sp³-hybridized carbons (Fsp3) is 0.818. The third-order valence-corrected chi connectivity index (χ3v) is 3.29. The molecule has 0 radical (unpaired) electrons.